The molecule has 3 rings (SSSR count). The first kappa shape index (κ1) is 16.0. The van der Waals surface area contributed by atoms with E-state index in [0.717, 1.165) is 25.7 Å². The minimum absolute atomic E-state index is 0.0203. The molecule has 0 radical (unpaired) electrons. The van der Waals surface area contributed by atoms with Crippen LogP contribution in [-0.4, -0.2) is 30.4 Å². The fourth-order valence-corrected chi connectivity index (χ4v) is 7.93. The monoisotopic (exact) mass is 325 g/mol. The van der Waals surface area contributed by atoms with Gasteiger partial charge in [-0.3, -0.25) is 4.79 Å². The smallest absolute Gasteiger partial charge is 0.238 e. The Kier molecular flexibility index (Phi) is 3.52. The maximum Gasteiger partial charge on any atom is 0.238 e. The molecule has 5 heteroatoms. The van der Waals surface area contributed by atoms with Crippen molar-refractivity contribution in [3.8, 4) is 0 Å². The van der Waals surface area contributed by atoms with Crippen molar-refractivity contribution in [2.75, 3.05) is 5.75 Å². The predicted octanol–water partition coefficient (Wildman–Crippen LogP) is 2.96. The summed E-state index contributed by atoms with van der Waals surface area (Å²) in [7, 11) is -3.46. The molecule has 0 aromatic heterocycles. The van der Waals surface area contributed by atoms with Crippen molar-refractivity contribution >= 4 is 15.9 Å². The van der Waals surface area contributed by atoms with Crippen LogP contribution in [0.2, 0.25) is 0 Å². The molecule has 1 heterocycles. The van der Waals surface area contributed by atoms with E-state index in [9.17, 15) is 13.2 Å². The molecule has 22 heavy (non-hydrogen) atoms. The number of allylic oxidation sites excluding steroid dienone is 1. The molecule has 1 amide bonds. The molecule has 4 atom stereocenters. The maximum absolute atomic E-state index is 12.7. The van der Waals surface area contributed by atoms with Crippen molar-refractivity contribution in [1.29, 1.82) is 0 Å². The van der Waals surface area contributed by atoms with Crippen LogP contribution in [0.1, 0.15) is 52.9 Å². The van der Waals surface area contributed by atoms with Crippen molar-refractivity contribution in [2.24, 2.45) is 22.7 Å². The van der Waals surface area contributed by atoms with Gasteiger partial charge in [-0.2, -0.15) is 0 Å². The third-order valence-electron chi connectivity index (χ3n) is 6.75. The quantitative estimate of drug-likeness (QED) is 0.747. The molecule has 2 aliphatic carbocycles. The topological polar surface area (TPSA) is 54.5 Å². The van der Waals surface area contributed by atoms with Gasteiger partial charge in [-0.25, -0.2) is 12.7 Å². The Labute approximate surface area is 134 Å². The van der Waals surface area contributed by atoms with Crippen molar-refractivity contribution < 1.29 is 13.2 Å². The summed E-state index contributed by atoms with van der Waals surface area (Å²) in [4.78, 5) is 12.7. The van der Waals surface area contributed by atoms with Crippen molar-refractivity contribution in [3.05, 3.63) is 12.7 Å². The summed E-state index contributed by atoms with van der Waals surface area (Å²) < 4.78 is 26.7. The zero-order valence-electron chi connectivity index (χ0n) is 13.8. The molecular weight excluding hydrogens is 298 g/mol. The summed E-state index contributed by atoms with van der Waals surface area (Å²) in [6.45, 7) is 10.1. The number of hydrogen-bond acceptors (Lipinski definition) is 3. The van der Waals surface area contributed by atoms with Crippen LogP contribution in [0.25, 0.3) is 0 Å². The van der Waals surface area contributed by atoms with Crippen LogP contribution in [0.15, 0.2) is 12.7 Å². The van der Waals surface area contributed by atoms with Crippen LogP contribution >= 0.6 is 0 Å². The largest absolute Gasteiger partial charge is 0.274 e. The van der Waals surface area contributed by atoms with Gasteiger partial charge in [-0.05, 0) is 42.9 Å². The van der Waals surface area contributed by atoms with Crippen LogP contribution in [0.4, 0.5) is 0 Å². The van der Waals surface area contributed by atoms with Gasteiger partial charge in [0.05, 0.1) is 11.8 Å². The van der Waals surface area contributed by atoms with Gasteiger partial charge in [-0.15, -0.1) is 6.58 Å². The van der Waals surface area contributed by atoms with Gasteiger partial charge in [0.25, 0.3) is 0 Å². The van der Waals surface area contributed by atoms with Crippen molar-refractivity contribution in [1.82, 2.24) is 4.31 Å². The summed E-state index contributed by atoms with van der Waals surface area (Å²) in [5.41, 5.74) is -0.194. The Morgan fingerprint density at radius 2 is 2.14 bits per heavy atom. The zero-order chi connectivity index (χ0) is 16.3. The van der Waals surface area contributed by atoms with E-state index in [2.05, 4.69) is 20.4 Å². The van der Waals surface area contributed by atoms with E-state index >= 15 is 0 Å². The summed E-state index contributed by atoms with van der Waals surface area (Å²) in [5, 5.41) is 0. The molecule has 0 N–H and O–H groups in total. The number of nitrogens with zero attached hydrogens (tertiary/aromatic N) is 1. The molecule has 2 bridgehead atoms. The van der Waals surface area contributed by atoms with Crippen molar-refractivity contribution in [3.63, 3.8) is 0 Å². The lowest BCUT2D eigenvalue weighted by molar-refractivity contribution is -0.129. The molecular formula is C17H27NO3S. The van der Waals surface area contributed by atoms with Gasteiger partial charge in [-0.1, -0.05) is 26.8 Å². The molecule has 3 fully saturated rings. The second kappa shape index (κ2) is 4.83. The molecule has 124 valence electrons. The molecule has 1 unspecified atom stereocenters. The molecule has 1 aliphatic heterocycles. The van der Waals surface area contributed by atoms with E-state index in [1.165, 1.54) is 4.31 Å². The van der Waals surface area contributed by atoms with Crippen LogP contribution in [-0.2, 0) is 14.8 Å². The van der Waals surface area contributed by atoms with E-state index in [4.69, 9.17) is 0 Å². The van der Waals surface area contributed by atoms with Gasteiger partial charge in [0.2, 0.25) is 15.9 Å². The SMILES string of the molecule is C=CC[C@@H](C)CC(=O)N1[C@@H]2CC3CC[C@]2(CS1(=O)=O)C3(C)C. The van der Waals surface area contributed by atoms with Crippen molar-refractivity contribution in [2.45, 2.75) is 58.9 Å². The van der Waals surface area contributed by atoms with E-state index < -0.39 is 10.0 Å². The second-order valence-corrected chi connectivity index (χ2v) is 9.99. The molecule has 0 aromatic carbocycles. The lowest BCUT2D eigenvalue weighted by atomic mass is 9.69. The lowest BCUT2D eigenvalue weighted by Crippen LogP contribution is -2.44. The standard InChI is InChI=1S/C17H27NO3S/c1-5-6-12(2)9-15(19)18-14-10-13-7-8-17(14,16(13,3)4)11-22(18,20)21/h5,12-14H,1,6-11H2,2-4H3/t12-,13?,14-,17-/m1/s1. The first-order chi connectivity index (χ1) is 10.2. The third-order valence-corrected chi connectivity index (χ3v) is 8.69. The zero-order valence-corrected chi connectivity index (χ0v) is 14.7. The molecule has 1 spiro atoms. The molecule has 0 aromatic rings. The summed E-state index contributed by atoms with van der Waals surface area (Å²) >= 11 is 0. The third kappa shape index (κ3) is 1.93. The fourth-order valence-electron chi connectivity index (χ4n) is 5.37. The summed E-state index contributed by atoms with van der Waals surface area (Å²) in [5.74, 6) is 0.646. The van der Waals surface area contributed by atoms with E-state index in [0.29, 0.717) is 12.3 Å². The average molecular weight is 325 g/mol. The van der Waals surface area contributed by atoms with Crippen LogP contribution in [0, 0.1) is 22.7 Å². The number of rotatable bonds is 4. The first-order valence-electron chi connectivity index (χ1n) is 8.31. The highest BCUT2D eigenvalue weighted by molar-refractivity contribution is 7.90. The normalized spacial score (nSPS) is 38.8. The average Bonchev–Trinajstić information content (AvgIpc) is 2.85. The van der Waals surface area contributed by atoms with E-state index in [1.54, 1.807) is 6.08 Å². The summed E-state index contributed by atoms with van der Waals surface area (Å²) in [6, 6.07) is -0.102. The highest BCUT2D eigenvalue weighted by atomic mass is 32.2. The number of fused-ring (bicyclic) bond motifs is 1. The van der Waals surface area contributed by atoms with Crippen LogP contribution in [0.5, 0.6) is 0 Å². The predicted molar refractivity (Wildman–Crippen MR) is 86.6 cm³/mol. The number of hydrogen-bond donors (Lipinski definition) is 0. The van der Waals surface area contributed by atoms with Gasteiger partial charge in [0.1, 0.15) is 0 Å². The second-order valence-electron chi connectivity index (χ2n) is 8.14. The van der Waals surface area contributed by atoms with E-state index in [1.807, 2.05) is 6.92 Å². The molecule has 3 aliphatic rings. The number of amides is 1. The number of carbonyl (C=O) groups excluding carboxylic acids is 1. The number of sulfonamides is 1. The Balaban J connectivity index is 1.90. The van der Waals surface area contributed by atoms with Crippen LogP contribution in [0.3, 0.4) is 0 Å². The minimum Gasteiger partial charge on any atom is -0.274 e. The summed E-state index contributed by atoms with van der Waals surface area (Å²) in [6.07, 6.45) is 5.73. The fraction of sp³-hybridized carbons (Fsp3) is 0.824. The highest BCUT2D eigenvalue weighted by Gasteiger charge is 2.72. The Morgan fingerprint density at radius 3 is 2.73 bits per heavy atom. The Hall–Kier alpha value is -0.840. The maximum atomic E-state index is 12.7. The minimum atomic E-state index is -3.46. The number of carbonyl (C=O) groups is 1. The Bertz CT molecular complexity index is 609. The Morgan fingerprint density at radius 1 is 1.45 bits per heavy atom. The van der Waals surface area contributed by atoms with Gasteiger partial charge < -0.3 is 0 Å². The van der Waals surface area contributed by atoms with Crippen LogP contribution < -0.4 is 0 Å². The molecule has 1 saturated heterocycles. The van der Waals surface area contributed by atoms with E-state index in [-0.39, 0.29) is 34.4 Å². The van der Waals surface area contributed by atoms with Gasteiger partial charge in [0, 0.05) is 11.8 Å². The van der Waals surface area contributed by atoms with Gasteiger partial charge >= 0.3 is 0 Å². The molecule has 4 nitrogen and oxygen atoms in total. The lowest BCUT2D eigenvalue weighted by Gasteiger charge is -2.37. The molecule has 2 saturated carbocycles. The highest BCUT2D eigenvalue weighted by Crippen LogP contribution is 2.70. The van der Waals surface area contributed by atoms with Gasteiger partial charge in [0.15, 0.2) is 0 Å². The first-order valence-corrected chi connectivity index (χ1v) is 9.92.